The molecule has 0 unspecified atom stereocenters. The normalized spacial score (nSPS) is 34.3. The second-order valence-corrected chi connectivity index (χ2v) is 9.77. The zero-order chi connectivity index (χ0) is 15.0. The molecule has 2 saturated heterocycles. The number of carbonyl (C=O) groups is 1. The molecule has 0 N–H and O–H groups in total. The minimum atomic E-state index is -2.92. The van der Waals surface area contributed by atoms with E-state index in [4.69, 9.17) is 0 Å². The standard InChI is InChI=1S/C14H22N2O3S2/c1-16-11-8-21(18,19)9-12(11)20-14(16)15-13(17)7-10-5-3-2-4-6-10/h10-12H,2-9H2,1H3/t11-,12-/m1/s1. The van der Waals surface area contributed by atoms with Gasteiger partial charge in [0.2, 0.25) is 5.91 Å². The predicted octanol–water partition coefficient (Wildman–Crippen LogP) is 1.68. The van der Waals surface area contributed by atoms with E-state index in [1.165, 1.54) is 31.0 Å². The largest absolute Gasteiger partial charge is 0.349 e. The smallest absolute Gasteiger partial charge is 0.248 e. The maximum Gasteiger partial charge on any atom is 0.248 e. The molecule has 2 atom stereocenters. The van der Waals surface area contributed by atoms with Crippen LogP contribution in [0.15, 0.2) is 4.99 Å². The van der Waals surface area contributed by atoms with Gasteiger partial charge in [-0.15, -0.1) is 0 Å². The number of amidine groups is 1. The lowest BCUT2D eigenvalue weighted by molar-refractivity contribution is -0.118. The number of thioether (sulfide) groups is 1. The van der Waals surface area contributed by atoms with Crippen LogP contribution in [0.5, 0.6) is 0 Å². The Morgan fingerprint density at radius 2 is 2.00 bits per heavy atom. The van der Waals surface area contributed by atoms with E-state index >= 15 is 0 Å². The molecule has 21 heavy (non-hydrogen) atoms. The summed E-state index contributed by atoms with van der Waals surface area (Å²) in [6.45, 7) is 0. The number of amides is 1. The molecule has 2 heterocycles. The van der Waals surface area contributed by atoms with E-state index in [2.05, 4.69) is 4.99 Å². The predicted molar refractivity (Wildman–Crippen MR) is 85.2 cm³/mol. The summed E-state index contributed by atoms with van der Waals surface area (Å²) >= 11 is 1.46. The molecule has 3 fully saturated rings. The fraction of sp³-hybridized carbons (Fsp3) is 0.857. The maximum absolute atomic E-state index is 12.1. The van der Waals surface area contributed by atoms with Crippen molar-refractivity contribution in [1.29, 1.82) is 0 Å². The van der Waals surface area contributed by atoms with Crippen molar-refractivity contribution in [2.45, 2.75) is 49.8 Å². The van der Waals surface area contributed by atoms with Crippen molar-refractivity contribution >= 4 is 32.7 Å². The fourth-order valence-electron chi connectivity index (χ4n) is 3.53. The first kappa shape index (κ1) is 15.3. The maximum atomic E-state index is 12.1. The van der Waals surface area contributed by atoms with Crippen LogP contribution in [0.1, 0.15) is 38.5 Å². The van der Waals surface area contributed by atoms with E-state index in [0.29, 0.717) is 17.5 Å². The second kappa shape index (κ2) is 5.91. The highest BCUT2D eigenvalue weighted by Crippen LogP contribution is 2.37. The number of hydrogen-bond donors (Lipinski definition) is 0. The summed E-state index contributed by atoms with van der Waals surface area (Å²) < 4.78 is 23.3. The van der Waals surface area contributed by atoms with Crippen molar-refractivity contribution < 1.29 is 13.2 Å². The third kappa shape index (κ3) is 3.44. The molecule has 0 spiro atoms. The van der Waals surface area contributed by atoms with Crippen molar-refractivity contribution in [3.05, 3.63) is 0 Å². The highest BCUT2D eigenvalue weighted by Gasteiger charge is 2.47. The molecule has 0 aromatic carbocycles. The minimum absolute atomic E-state index is 0.0127. The van der Waals surface area contributed by atoms with Gasteiger partial charge in [0.1, 0.15) is 0 Å². The fourth-order valence-corrected chi connectivity index (χ4v) is 7.54. The highest BCUT2D eigenvalue weighted by atomic mass is 32.2. The van der Waals surface area contributed by atoms with E-state index in [1.54, 1.807) is 0 Å². The number of carbonyl (C=O) groups excluding carboxylic acids is 1. The average molecular weight is 330 g/mol. The Hall–Kier alpha value is -0.560. The first-order valence-electron chi connectivity index (χ1n) is 7.66. The Balaban J connectivity index is 1.61. The molecule has 0 radical (unpaired) electrons. The Labute approximate surface area is 130 Å². The van der Waals surface area contributed by atoms with Gasteiger partial charge in [-0.25, -0.2) is 8.42 Å². The molecular formula is C14H22N2O3S2. The number of nitrogens with zero attached hydrogens (tertiary/aromatic N) is 2. The van der Waals surface area contributed by atoms with Crippen molar-refractivity contribution in [2.24, 2.45) is 10.9 Å². The lowest BCUT2D eigenvalue weighted by Crippen LogP contribution is -2.34. The molecule has 1 aliphatic carbocycles. The zero-order valence-corrected chi connectivity index (χ0v) is 14.0. The molecule has 7 heteroatoms. The first-order valence-corrected chi connectivity index (χ1v) is 10.4. The van der Waals surface area contributed by atoms with E-state index in [-0.39, 0.29) is 28.7 Å². The lowest BCUT2D eigenvalue weighted by atomic mass is 9.87. The Bertz CT molecular complexity index is 553. The van der Waals surface area contributed by atoms with Crippen LogP contribution in [0.25, 0.3) is 0 Å². The Morgan fingerprint density at radius 1 is 1.29 bits per heavy atom. The van der Waals surface area contributed by atoms with Gasteiger partial charge in [0.05, 0.1) is 17.5 Å². The molecule has 0 aromatic rings. The molecule has 3 aliphatic rings. The van der Waals surface area contributed by atoms with E-state index in [0.717, 1.165) is 12.8 Å². The number of sulfone groups is 1. The molecule has 118 valence electrons. The van der Waals surface area contributed by atoms with E-state index in [9.17, 15) is 13.2 Å². The molecular weight excluding hydrogens is 308 g/mol. The summed E-state index contributed by atoms with van der Waals surface area (Å²) in [4.78, 5) is 18.3. The number of hydrogen-bond acceptors (Lipinski definition) is 4. The highest BCUT2D eigenvalue weighted by molar-refractivity contribution is 8.15. The third-order valence-corrected chi connectivity index (χ3v) is 8.04. The number of fused-ring (bicyclic) bond motifs is 1. The van der Waals surface area contributed by atoms with E-state index in [1.807, 2.05) is 11.9 Å². The number of rotatable bonds is 2. The minimum Gasteiger partial charge on any atom is -0.349 e. The van der Waals surface area contributed by atoms with Crippen LogP contribution in [-0.4, -0.2) is 54.2 Å². The summed E-state index contributed by atoms with van der Waals surface area (Å²) in [5.74, 6) is 0.853. The molecule has 0 bridgehead atoms. The van der Waals surface area contributed by atoms with Crippen molar-refractivity contribution in [1.82, 2.24) is 4.90 Å². The van der Waals surface area contributed by atoms with Crippen molar-refractivity contribution in [2.75, 3.05) is 18.6 Å². The summed E-state index contributed by atoms with van der Waals surface area (Å²) in [6.07, 6.45) is 6.57. The van der Waals surface area contributed by atoms with Gasteiger partial charge < -0.3 is 4.90 Å². The monoisotopic (exact) mass is 330 g/mol. The summed E-state index contributed by atoms with van der Waals surface area (Å²) in [5.41, 5.74) is 0. The first-order chi connectivity index (χ1) is 9.94. The van der Waals surface area contributed by atoms with E-state index < -0.39 is 9.84 Å². The summed E-state index contributed by atoms with van der Waals surface area (Å²) in [5, 5.41) is 0.752. The SMILES string of the molecule is CN1C(=NC(=O)CC2CCCCC2)S[C@@H]2CS(=O)(=O)C[C@H]21. The van der Waals surface area contributed by atoms with Gasteiger partial charge in [0, 0.05) is 18.7 Å². The van der Waals surface area contributed by atoms with Gasteiger partial charge in [-0.1, -0.05) is 31.0 Å². The second-order valence-electron chi connectivity index (χ2n) is 6.41. The molecule has 0 aromatic heterocycles. The molecule has 1 amide bonds. The quantitative estimate of drug-likeness (QED) is 0.771. The van der Waals surface area contributed by atoms with Crippen LogP contribution in [0.2, 0.25) is 0 Å². The van der Waals surface area contributed by atoms with Crippen molar-refractivity contribution in [3.63, 3.8) is 0 Å². The Kier molecular flexibility index (Phi) is 4.32. The molecule has 1 saturated carbocycles. The van der Waals surface area contributed by atoms with Crippen LogP contribution in [-0.2, 0) is 14.6 Å². The van der Waals surface area contributed by atoms with Crippen molar-refractivity contribution in [3.8, 4) is 0 Å². The molecule has 2 aliphatic heterocycles. The average Bonchev–Trinajstić information content (AvgIpc) is 2.85. The molecule has 5 nitrogen and oxygen atoms in total. The van der Waals surface area contributed by atoms with Gasteiger partial charge in [0.15, 0.2) is 15.0 Å². The van der Waals surface area contributed by atoms with Gasteiger partial charge >= 0.3 is 0 Å². The summed E-state index contributed by atoms with van der Waals surface area (Å²) in [7, 11) is -1.06. The summed E-state index contributed by atoms with van der Waals surface area (Å²) in [6, 6.07) is -0.0127. The Morgan fingerprint density at radius 3 is 2.67 bits per heavy atom. The van der Waals surface area contributed by atoms with Gasteiger partial charge in [-0.05, 0) is 18.8 Å². The van der Waals surface area contributed by atoms with Crippen LogP contribution in [0, 0.1) is 5.92 Å². The third-order valence-electron chi connectivity index (χ3n) is 4.74. The van der Waals surface area contributed by atoms with Crippen LogP contribution in [0.3, 0.4) is 0 Å². The molecule has 3 rings (SSSR count). The van der Waals surface area contributed by atoms with Gasteiger partial charge in [-0.3, -0.25) is 4.79 Å². The number of aliphatic imine (C=N–C) groups is 1. The zero-order valence-electron chi connectivity index (χ0n) is 12.3. The lowest BCUT2D eigenvalue weighted by Gasteiger charge is -2.20. The topological polar surface area (TPSA) is 66.8 Å². The van der Waals surface area contributed by atoms with Gasteiger partial charge in [0.25, 0.3) is 0 Å². The van der Waals surface area contributed by atoms with Crippen LogP contribution in [0.4, 0.5) is 0 Å². The van der Waals surface area contributed by atoms with Crippen LogP contribution >= 0.6 is 11.8 Å². The van der Waals surface area contributed by atoms with Gasteiger partial charge in [-0.2, -0.15) is 4.99 Å². The van der Waals surface area contributed by atoms with Crippen LogP contribution < -0.4 is 0 Å².